The van der Waals surface area contributed by atoms with Crippen molar-refractivity contribution in [2.75, 3.05) is 0 Å². The second kappa shape index (κ2) is 7.86. The molecule has 0 N–H and O–H groups in total. The van der Waals surface area contributed by atoms with E-state index in [1.54, 1.807) is 11.1 Å². The smallest absolute Gasteiger partial charge is 0.00134 e. The van der Waals surface area contributed by atoms with Crippen LogP contribution in [0, 0.1) is 50.7 Å². The third-order valence-electron chi connectivity index (χ3n) is 13.2. The fraction of sp³-hybridized carbons (Fsp3) is 0.818. The Morgan fingerprint density at radius 1 is 0.970 bits per heavy atom. The first-order chi connectivity index (χ1) is 15.1. The Hall–Kier alpha value is -0.780. The molecule has 0 saturated heterocycles. The summed E-state index contributed by atoms with van der Waals surface area (Å²) in [7, 11) is 0. The predicted molar refractivity (Wildman–Crippen MR) is 145 cm³/mol. The molecule has 4 rings (SSSR count). The van der Waals surface area contributed by atoms with Gasteiger partial charge in [0.2, 0.25) is 0 Å². The lowest BCUT2D eigenvalue weighted by Crippen LogP contribution is -2.54. The molecule has 33 heavy (non-hydrogen) atoms. The predicted octanol–water partition coefficient (Wildman–Crippen LogP) is 10.2. The van der Waals surface area contributed by atoms with E-state index in [-0.39, 0.29) is 0 Å². The zero-order chi connectivity index (χ0) is 24.6. The molecule has 0 nitrogen and oxygen atoms in total. The summed E-state index contributed by atoms with van der Waals surface area (Å²) >= 11 is 0. The fourth-order valence-corrected chi connectivity index (χ4v) is 9.32. The van der Waals surface area contributed by atoms with E-state index in [0.29, 0.717) is 33.0 Å². The van der Waals surface area contributed by atoms with Crippen LogP contribution in [0.2, 0.25) is 0 Å². The van der Waals surface area contributed by atoms with Crippen molar-refractivity contribution in [3.8, 4) is 0 Å². The summed E-state index contributed by atoms with van der Waals surface area (Å²) in [6.45, 7) is 29.8. The number of hydrogen-bond donors (Lipinski definition) is 0. The molecule has 0 bridgehead atoms. The van der Waals surface area contributed by atoms with Gasteiger partial charge >= 0.3 is 0 Å². The molecule has 0 amide bonds. The normalized spacial score (nSPS) is 44.9. The van der Waals surface area contributed by atoms with E-state index in [0.717, 1.165) is 17.8 Å². The van der Waals surface area contributed by atoms with E-state index in [4.69, 9.17) is 0 Å². The van der Waals surface area contributed by atoms with Crippen LogP contribution in [0.1, 0.15) is 121 Å². The number of rotatable bonds is 5. The Morgan fingerprint density at radius 3 is 2.27 bits per heavy atom. The Labute approximate surface area is 206 Å². The summed E-state index contributed by atoms with van der Waals surface area (Å²) < 4.78 is 0. The van der Waals surface area contributed by atoms with Gasteiger partial charge in [0.05, 0.1) is 0 Å². The zero-order valence-electron chi connectivity index (χ0n) is 23.8. The maximum atomic E-state index is 4.39. The molecule has 186 valence electrons. The minimum absolute atomic E-state index is 0.316. The summed E-state index contributed by atoms with van der Waals surface area (Å²) in [5, 5.41) is 0. The van der Waals surface area contributed by atoms with Crippen LogP contribution in [0.4, 0.5) is 0 Å². The van der Waals surface area contributed by atoms with E-state index >= 15 is 0 Å². The van der Waals surface area contributed by atoms with Gasteiger partial charge in [-0.05, 0) is 113 Å². The highest BCUT2D eigenvalue weighted by atomic mass is 14.7. The lowest BCUT2D eigenvalue weighted by Gasteiger charge is -2.62. The molecule has 6 unspecified atom stereocenters. The molecule has 0 radical (unpaired) electrons. The second-order valence-electron chi connectivity index (χ2n) is 14.7. The third-order valence-corrected chi connectivity index (χ3v) is 13.2. The van der Waals surface area contributed by atoms with Crippen molar-refractivity contribution in [1.82, 2.24) is 0 Å². The lowest BCUT2D eigenvalue weighted by molar-refractivity contribution is -0.0415. The molecule has 0 heteroatoms. The highest BCUT2D eigenvalue weighted by Crippen LogP contribution is 2.75. The summed E-state index contributed by atoms with van der Waals surface area (Å²) in [4.78, 5) is 0. The van der Waals surface area contributed by atoms with Gasteiger partial charge in [-0.25, -0.2) is 0 Å². The van der Waals surface area contributed by atoms with E-state index in [9.17, 15) is 0 Å². The van der Waals surface area contributed by atoms with Crippen molar-refractivity contribution in [3.63, 3.8) is 0 Å². The van der Waals surface area contributed by atoms with Crippen LogP contribution in [-0.4, -0.2) is 0 Å². The standard InChI is InChI=1S/C33H54/c1-22(2)23(3)12-13-25(5)31(9)20-21-32(10)27-14-15-28-29(6,7)24(4)16-18-30(28,8)26(27)17-19-33(31,32)11/h14,17,22,24-25,28H,3,12-13,15-16,18-21H2,1-2,4-11H3/t24?,25?,28?,30?,31-,32?,33?/m1/s1. The van der Waals surface area contributed by atoms with Crippen molar-refractivity contribution in [1.29, 1.82) is 0 Å². The van der Waals surface area contributed by atoms with Crippen LogP contribution in [0.3, 0.4) is 0 Å². The molecule has 0 aromatic carbocycles. The van der Waals surface area contributed by atoms with Crippen LogP contribution >= 0.6 is 0 Å². The summed E-state index contributed by atoms with van der Waals surface area (Å²) in [5.41, 5.74) is 6.81. The van der Waals surface area contributed by atoms with Gasteiger partial charge in [0.15, 0.2) is 0 Å². The molecular weight excluding hydrogens is 396 g/mol. The van der Waals surface area contributed by atoms with Gasteiger partial charge in [0.1, 0.15) is 0 Å². The molecule has 2 saturated carbocycles. The minimum Gasteiger partial charge on any atom is -0.0996 e. The average molecular weight is 451 g/mol. The Morgan fingerprint density at radius 2 is 1.64 bits per heavy atom. The van der Waals surface area contributed by atoms with E-state index in [1.165, 1.54) is 56.9 Å². The summed E-state index contributed by atoms with van der Waals surface area (Å²) in [5.74, 6) is 2.95. The SMILES string of the molecule is C=C(CCC(C)[C@@]1(C)CCC2(C)C3=CCC4C(C)(CCC(C)C4(C)C)C3=CCC21C)C(C)C. The zero-order valence-corrected chi connectivity index (χ0v) is 23.8. The molecule has 0 heterocycles. The number of hydrogen-bond acceptors (Lipinski definition) is 0. The monoisotopic (exact) mass is 450 g/mol. The van der Waals surface area contributed by atoms with Crippen molar-refractivity contribution in [3.05, 3.63) is 35.5 Å². The van der Waals surface area contributed by atoms with Gasteiger partial charge < -0.3 is 0 Å². The third kappa shape index (κ3) is 3.27. The van der Waals surface area contributed by atoms with Crippen molar-refractivity contribution in [2.45, 2.75) is 121 Å². The van der Waals surface area contributed by atoms with E-state index in [1.807, 2.05) is 0 Å². The molecule has 0 aromatic heterocycles. The topological polar surface area (TPSA) is 0 Å². The minimum atomic E-state index is 0.316. The van der Waals surface area contributed by atoms with Crippen LogP contribution in [0.15, 0.2) is 35.5 Å². The second-order valence-corrected chi connectivity index (χ2v) is 14.7. The summed E-state index contributed by atoms with van der Waals surface area (Å²) in [6, 6.07) is 0. The van der Waals surface area contributed by atoms with Crippen molar-refractivity contribution >= 4 is 0 Å². The Kier molecular flexibility index (Phi) is 6.03. The largest absolute Gasteiger partial charge is 0.0996 e. The maximum absolute atomic E-state index is 4.39. The van der Waals surface area contributed by atoms with E-state index in [2.05, 4.69) is 88.0 Å². The number of fused-ring (bicyclic) bond motifs is 5. The summed E-state index contributed by atoms with van der Waals surface area (Å²) in [6.07, 6.45) is 16.0. The molecule has 0 aliphatic heterocycles. The number of allylic oxidation sites excluding steroid dienone is 5. The average Bonchev–Trinajstić information content (AvgIpc) is 2.97. The van der Waals surface area contributed by atoms with Crippen LogP contribution in [0.25, 0.3) is 0 Å². The van der Waals surface area contributed by atoms with Gasteiger partial charge in [-0.2, -0.15) is 0 Å². The van der Waals surface area contributed by atoms with E-state index < -0.39 is 0 Å². The molecule has 0 aromatic rings. The Bertz CT molecular complexity index is 866. The maximum Gasteiger partial charge on any atom is -0.00134 e. The van der Waals surface area contributed by atoms with Gasteiger partial charge in [-0.1, -0.05) is 93.5 Å². The van der Waals surface area contributed by atoms with Crippen LogP contribution in [-0.2, 0) is 0 Å². The van der Waals surface area contributed by atoms with Crippen molar-refractivity contribution < 1.29 is 0 Å². The van der Waals surface area contributed by atoms with Gasteiger partial charge in [0, 0.05) is 0 Å². The van der Waals surface area contributed by atoms with Gasteiger partial charge in [-0.15, -0.1) is 0 Å². The lowest BCUT2D eigenvalue weighted by atomic mass is 9.42. The quantitative estimate of drug-likeness (QED) is 0.365. The first-order valence-corrected chi connectivity index (χ1v) is 14.2. The molecule has 4 aliphatic carbocycles. The van der Waals surface area contributed by atoms with Gasteiger partial charge in [0.25, 0.3) is 0 Å². The van der Waals surface area contributed by atoms with Gasteiger partial charge in [-0.3, -0.25) is 0 Å². The Balaban J connectivity index is 1.68. The molecule has 4 aliphatic rings. The fourth-order valence-electron chi connectivity index (χ4n) is 9.32. The first-order valence-electron chi connectivity index (χ1n) is 14.2. The van der Waals surface area contributed by atoms with Crippen molar-refractivity contribution in [2.24, 2.45) is 50.7 Å². The molecule has 2 fully saturated rings. The van der Waals surface area contributed by atoms with Crippen LogP contribution < -0.4 is 0 Å². The first kappa shape index (κ1) is 25.3. The van der Waals surface area contributed by atoms with Crippen LogP contribution in [0.5, 0.6) is 0 Å². The molecule has 0 spiro atoms. The highest BCUT2D eigenvalue weighted by molar-refractivity contribution is 5.50. The molecular formula is C33H54. The molecule has 7 atom stereocenters. The highest BCUT2D eigenvalue weighted by Gasteiger charge is 2.66.